The largest absolute Gasteiger partial charge is 0.497 e. The van der Waals surface area contributed by atoms with Crippen LogP contribution in [-0.4, -0.2) is 26.7 Å². The van der Waals surface area contributed by atoms with Crippen LogP contribution in [0.25, 0.3) is 0 Å². The smallest absolute Gasteiger partial charge is 0.193 e. The minimum Gasteiger partial charge on any atom is -0.497 e. The maximum Gasteiger partial charge on any atom is 0.193 e. The van der Waals surface area contributed by atoms with E-state index in [0.717, 1.165) is 0 Å². The van der Waals surface area contributed by atoms with Crippen molar-refractivity contribution >= 4 is 35.6 Å². The first-order valence-electron chi connectivity index (χ1n) is 7.16. The first-order chi connectivity index (χ1) is 11.1. The first kappa shape index (κ1) is 20.0. The van der Waals surface area contributed by atoms with E-state index in [1.165, 1.54) is 6.07 Å². The normalized spacial score (nSPS) is 10.7. The van der Waals surface area contributed by atoms with Crippen molar-refractivity contribution in [3.8, 4) is 11.5 Å². The molecular formula is C17H21FIN3O2. The Kier molecular flexibility index (Phi) is 8.31. The van der Waals surface area contributed by atoms with Crippen LogP contribution in [0, 0.1) is 5.82 Å². The summed E-state index contributed by atoms with van der Waals surface area (Å²) in [7, 11) is 3.15. The van der Waals surface area contributed by atoms with Crippen molar-refractivity contribution in [3.63, 3.8) is 0 Å². The van der Waals surface area contributed by atoms with Gasteiger partial charge in [-0.2, -0.15) is 0 Å². The Morgan fingerprint density at radius 3 is 2.58 bits per heavy atom. The molecule has 0 aliphatic carbocycles. The fourth-order valence-corrected chi connectivity index (χ4v) is 2.09. The highest BCUT2D eigenvalue weighted by Gasteiger charge is 2.06. The molecule has 0 radical (unpaired) electrons. The SMILES string of the molecule is COc1ccc(OC)c(NC(N)=NCCc2ccccc2F)c1.I. The zero-order valence-electron chi connectivity index (χ0n) is 13.6. The average molecular weight is 445 g/mol. The highest BCUT2D eigenvalue weighted by molar-refractivity contribution is 14.0. The van der Waals surface area contributed by atoms with Crippen molar-refractivity contribution in [2.45, 2.75) is 6.42 Å². The second-order valence-electron chi connectivity index (χ2n) is 4.80. The zero-order valence-corrected chi connectivity index (χ0v) is 15.9. The van der Waals surface area contributed by atoms with E-state index in [0.29, 0.717) is 35.7 Å². The number of nitrogens with one attached hydrogen (secondary N) is 1. The van der Waals surface area contributed by atoms with Gasteiger partial charge in [0.05, 0.1) is 19.9 Å². The molecule has 0 unspecified atom stereocenters. The number of ether oxygens (including phenoxy) is 2. The van der Waals surface area contributed by atoms with Crippen molar-refractivity contribution in [1.29, 1.82) is 0 Å². The molecule has 5 nitrogen and oxygen atoms in total. The van der Waals surface area contributed by atoms with Crippen LogP contribution in [0.15, 0.2) is 47.5 Å². The van der Waals surface area contributed by atoms with E-state index in [2.05, 4.69) is 10.3 Å². The molecule has 3 N–H and O–H groups in total. The summed E-state index contributed by atoms with van der Waals surface area (Å²) in [5, 5.41) is 2.97. The van der Waals surface area contributed by atoms with Crippen molar-refractivity contribution in [2.24, 2.45) is 10.7 Å². The van der Waals surface area contributed by atoms with Crippen molar-refractivity contribution in [1.82, 2.24) is 0 Å². The predicted molar refractivity (Wildman–Crippen MR) is 105 cm³/mol. The van der Waals surface area contributed by atoms with E-state index < -0.39 is 0 Å². The average Bonchev–Trinajstić information content (AvgIpc) is 2.56. The third-order valence-electron chi connectivity index (χ3n) is 3.29. The van der Waals surface area contributed by atoms with Gasteiger partial charge in [0.15, 0.2) is 5.96 Å². The number of benzene rings is 2. The van der Waals surface area contributed by atoms with Gasteiger partial charge < -0.3 is 20.5 Å². The quantitative estimate of drug-likeness (QED) is 0.406. The molecule has 0 bridgehead atoms. The number of aliphatic imine (C=N–C) groups is 1. The molecule has 24 heavy (non-hydrogen) atoms. The van der Waals surface area contributed by atoms with Crippen LogP contribution >= 0.6 is 24.0 Å². The molecule has 0 atom stereocenters. The number of guanidine groups is 1. The number of anilines is 1. The van der Waals surface area contributed by atoms with Gasteiger partial charge in [-0.25, -0.2) is 4.39 Å². The Bertz CT molecular complexity index is 695. The molecule has 0 saturated heterocycles. The van der Waals surface area contributed by atoms with Gasteiger partial charge in [0.25, 0.3) is 0 Å². The molecule has 0 saturated carbocycles. The highest BCUT2D eigenvalue weighted by Crippen LogP contribution is 2.28. The van der Waals surface area contributed by atoms with Crippen LogP contribution in [0.2, 0.25) is 0 Å². The molecule has 0 amide bonds. The van der Waals surface area contributed by atoms with Crippen LogP contribution in [0.3, 0.4) is 0 Å². The third-order valence-corrected chi connectivity index (χ3v) is 3.29. The molecule has 2 aromatic rings. The number of nitrogens with two attached hydrogens (primary N) is 1. The van der Waals surface area contributed by atoms with Gasteiger partial charge in [-0.15, -0.1) is 24.0 Å². The van der Waals surface area contributed by atoms with Gasteiger partial charge in [-0.1, -0.05) is 18.2 Å². The van der Waals surface area contributed by atoms with Gasteiger partial charge in [0.1, 0.15) is 17.3 Å². The third kappa shape index (κ3) is 5.55. The van der Waals surface area contributed by atoms with E-state index in [-0.39, 0.29) is 35.8 Å². The molecule has 2 aromatic carbocycles. The number of halogens is 2. The number of nitrogens with zero attached hydrogens (tertiary/aromatic N) is 1. The molecule has 7 heteroatoms. The maximum atomic E-state index is 13.5. The summed E-state index contributed by atoms with van der Waals surface area (Å²) >= 11 is 0. The standard InChI is InChI=1S/C17H20FN3O2.HI/c1-22-13-7-8-16(23-2)15(11-13)21-17(19)20-10-9-12-5-3-4-6-14(12)18;/h3-8,11H,9-10H2,1-2H3,(H3,19,20,21);1H. The second-order valence-corrected chi connectivity index (χ2v) is 4.80. The second kappa shape index (κ2) is 9.96. The Morgan fingerprint density at radius 1 is 1.17 bits per heavy atom. The Morgan fingerprint density at radius 2 is 1.92 bits per heavy atom. The lowest BCUT2D eigenvalue weighted by Crippen LogP contribution is -2.23. The number of hydrogen-bond donors (Lipinski definition) is 2. The fourth-order valence-electron chi connectivity index (χ4n) is 2.09. The summed E-state index contributed by atoms with van der Waals surface area (Å²) in [5.41, 5.74) is 7.14. The van der Waals surface area contributed by atoms with Gasteiger partial charge in [-0.3, -0.25) is 4.99 Å². The van der Waals surface area contributed by atoms with Crippen LogP contribution in [0.5, 0.6) is 11.5 Å². The van der Waals surface area contributed by atoms with Crippen LogP contribution in [0.1, 0.15) is 5.56 Å². The minimum atomic E-state index is -0.233. The van der Waals surface area contributed by atoms with E-state index in [1.807, 2.05) is 0 Å². The first-order valence-corrected chi connectivity index (χ1v) is 7.16. The molecule has 2 rings (SSSR count). The molecule has 0 aliphatic rings. The number of methoxy groups -OCH3 is 2. The lowest BCUT2D eigenvalue weighted by Gasteiger charge is -2.12. The molecule has 130 valence electrons. The van der Waals surface area contributed by atoms with Crippen LogP contribution in [-0.2, 0) is 6.42 Å². The highest BCUT2D eigenvalue weighted by atomic mass is 127. The van der Waals surface area contributed by atoms with Gasteiger partial charge in [0.2, 0.25) is 0 Å². The summed E-state index contributed by atoms with van der Waals surface area (Å²) in [6.07, 6.45) is 0.476. The van der Waals surface area contributed by atoms with E-state index in [1.54, 1.807) is 50.6 Å². The van der Waals surface area contributed by atoms with Gasteiger partial charge >= 0.3 is 0 Å². The molecule has 0 fully saturated rings. The fraction of sp³-hybridized carbons (Fsp3) is 0.235. The Balaban J connectivity index is 0.00000288. The number of hydrogen-bond acceptors (Lipinski definition) is 3. The maximum absolute atomic E-state index is 13.5. The summed E-state index contributed by atoms with van der Waals surface area (Å²) < 4.78 is 23.9. The molecular weight excluding hydrogens is 424 g/mol. The number of rotatable bonds is 6. The lowest BCUT2D eigenvalue weighted by atomic mass is 10.1. The molecule has 0 spiro atoms. The predicted octanol–water partition coefficient (Wildman–Crippen LogP) is 3.43. The van der Waals surface area contributed by atoms with E-state index >= 15 is 0 Å². The lowest BCUT2D eigenvalue weighted by molar-refractivity contribution is 0.405. The Hall–Kier alpha value is -2.03. The van der Waals surface area contributed by atoms with Crippen molar-refractivity contribution in [2.75, 3.05) is 26.1 Å². The van der Waals surface area contributed by atoms with E-state index in [4.69, 9.17) is 15.2 Å². The monoisotopic (exact) mass is 445 g/mol. The topological polar surface area (TPSA) is 68.9 Å². The van der Waals surface area contributed by atoms with Crippen molar-refractivity contribution in [3.05, 3.63) is 53.8 Å². The van der Waals surface area contributed by atoms with Crippen molar-refractivity contribution < 1.29 is 13.9 Å². The van der Waals surface area contributed by atoms with Crippen LogP contribution in [0.4, 0.5) is 10.1 Å². The minimum absolute atomic E-state index is 0. The van der Waals surface area contributed by atoms with Crippen LogP contribution < -0.4 is 20.5 Å². The van der Waals surface area contributed by atoms with Gasteiger partial charge in [0, 0.05) is 12.6 Å². The molecule has 0 aliphatic heterocycles. The summed E-state index contributed by atoms with van der Waals surface area (Å²) in [5.74, 6) is 1.29. The summed E-state index contributed by atoms with van der Waals surface area (Å²) in [6.45, 7) is 0.381. The Labute approximate surface area is 158 Å². The molecule has 0 aromatic heterocycles. The zero-order chi connectivity index (χ0) is 16.7. The summed E-state index contributed by atoms with van der Waals surface area (Å²) in [6, 6.07) is 11.9. The molecule has 0 heterocycles. The summed E-state index contributed by atoms with van der Waals surface area (Å²) in [4.78, 5) is 4.21. The van der Waals surface area contributed by atoms with E-state index in [9.17, 15) is 4.39 Å². The van der Waals surface area contributed by atoms with Gasteiger partial charge in [-0.05, 0) is 30.2 Å².